The van der Waals surface area contributed by atoms with E-state index in [1.807, 2.05) is 69.3 Å². The van der Waals surface area contributed by atoms with Gasteiger partial charge in [-0.3, -0.25) is 4.79 Å². The number of amides is 1. The van der Waals surface area contributed by atoms with E-state index in [4.69, 9.17) is 14.2 Å². The van der Waals surface area contributed by atoms with Gasteiger partial charge in [0.15, 0.2) is 0 Å². The molecule has 232 valence electrons. The monoisotopic (exact) mass is 598 g/mol. The molecule has 0 atom stereocenters. The van der Waals surface area contributed by atoms with Crippen LogP contribution in [0.15, 0.2) is 60.4 Å². The van der Waals surface area contributed by atoms with Gasteiger partial charge in [-0.05, 0) is 95.5 Å². The molecule has 0 saturated heterocycles. The minimum absolute atomic E-state index is 0.154. The Kier molecular flexibility index (Phi) is 9.64. The lowest BCUT2D eigenvalue weighted by molar-refractivity contribution is -0.116. The first-order valence-corrected chi connectivity index (χ1v) is 15.4. The fourth-order valence-corrected chi connectivity index (χ4v) is 5.87. The Bertz CT molecular complexity index is 1530. The van der Waals surface area contributed by atoms with Crippen molar-refractivity contribution in [3.05, 3.63) is 88.4 Å². The number of nitrogens with one attached hydrogen (secondary N) is 2. The van der Waals surface area contributed by atoms with E-state index in [0.29, 0.717) is 36.0 Å². The first-order chi connectivity index (χ1) is 21.2. The van der Waals surface area contributed by atoms with Crippen LogP contribution in [-0.2, 0) is 19.0 Å². The Morgan fingerprint density at radius 1 is 1.00 bits per heavy atom. The van der Waals surface area contributed by atoms with Crippen LogP contribution in [-0.4, -0.2) is 47.4 Å². The van der Waals surface area contributed by atoms with Crippen LogP contribution in [0.4, 0.5) is 16.4 Å². The first-order valence-electron chi connectivity index (χ1n) is 15.4. The van der Waals surface area contributed by atoms with Crippen molar-refractivity contribution in [2.75, 3.05) is 19.0 Å². The van der Waals surface area contributed by atoms with Gasteiger partial charge < -0.3 is 24.8 Å². The number of hydrogen-bond donors (Lipinski definition) is 2. The third kappa shape index (κ3) is 7.27. The molecule has 1 aliphatic heterocycles. The van der Waals surface area contributed by atoms with Gasteiger partial charge in [-0.15, -0.1) is 0 Å². The normalized spacial score (nSPS) is 20.9. The van der Waals surface area contributed by atoms with E-state index in [-0.39, 0.29) is 18.6 Å². The molecule has 9 heteroatoms. The zero-order valence-corrected chi connectivity index (χ0v) is 26.2. The summed E-state index contributed by atoms with van der Waals surface area (Å²) < 4.78 is 16.1. The third-order valence-electron chi connectivity index (χ3n) is 8.37. The summed E-state index contributed by atoms with van der Waals surface area (Å²) in [5, 5.41) is 6.35. The number of para-hydroxylation sites is 1. The summed E-state index contributed by atoms with van der Waals surface area (Å²) in [6.45, 7) is 7.87. The van der Waals surface area contributed by atoms with Crippen LogP contribution >= 0.6 is 0 Å². The molecule has 3 aliphatic rings. The molecule has 2 saturated carbocycles. The number of ether oxygens (including phenoxy) is 3. The van der Waals surface area contributed by atoms with Gasteiger partial charge in [-0.25, -0.2) is 14.8 Å². The number of benzene rings is 2. The lowest BCUT2D eigenvalue weighted by Crippen LogP contribution is -2.49. The lowest BCUT2D eigenvalue weighted by atomic mass is 9.79. The second-order valence-electron chi connectivity index (χ2n) is 11.8. The van der Waals surface area contributed by atoms with Gasteiger partial charge in [-0.2, -0.15) is 0 Å². The highest BCUT2D eigenvalue weighted by molar-refractivity contribution is 6.24. The van der Waals surface area contributed by atoms with Crippen molar-refractivity contribution in [3.63, 3.8) is 0 Å². The van der Waals surface area contributed by atoms with E-state index in [2.05, 4.69) is 26.7 Å². The quantitative estimate of drug-likeness (QED) is 0.278. The first kappa shape index (κ1) is 31.2. The Labute approximate surface area is 259 Å². The molecule has 1 aromatic heterocycles. The lowest BCUT2D eigenvalue weighted by Gasteiger charge is -2.37. The molecule has 44 heavy (non-hydrogen) atoms. The third-order valence-corrected chi connectivity index (χ3v) is 8.37. The Morgan fingerprint density at radius 3 is 2.39 bits per heavy atom. The average Bonchev–Trinajstić information content (AvgIpc) is 3.82. The zero-order valence-electron chi connectivity index (χ0n) is 26.2. The maximum absolute atomic E-state index is 13.0. The fraction of sp³-hybridized carbons (Fsp3) is 0.429. The summed E-state index contributed by atoms with van der Waals surface area (Å²) in [5.41, 5.74) is 5.76. The Balaban J connectivity index is 0.000000193. The van der Waals surface area contributed by atoms with E-state index in [0.717, 1.165) is 40.9 Å². The molecule has 1 amide bonds. The molecule has 0 radical (unpaired) electrons. The number of nitrogens with zero attached hydrogens (tertiary/aromatic N) is 2. The number of aryl methyl sites for hydroxylation is 3. The van der Waals surface area contributed by atoms with Crippen molar-refractivity contribution < 1.29 is 23.8 Å². The van der Waals surface area contributed by atoms with Crippen molar-refractivity contribution in [1.29, 1.82) is 0 Å². The summed E-state index contributed by atoms with van der Waals surface area (Å²) in [6, 6.07) is 18.0. The molecule has 2 heterocycles. The van der Waals surface area contributed by atoms with E-state index < -0.39 is 11.7 Å². The number of anilines is 2. The summed E-state index contributed by atoms with van der Waals surface area (Å²) in [6.07, 6.45) is 4.78. The minimum Gasteiger partial charge on any atom is -0.434 e. The number of carbonyl (C=O) groups is 2. The van der Waals surface area contributed by atoms with Crippen LogP contribution < -0.4 is 10.6 Å². The molecule has 9 nitrogen and oxygen atoms in total. The fourth-order valence-electron chi connectivity index (χ4n) is 5.87. The standard InChI is InChI=1S/C21H27NO5.C14H15N3/c1-5-26-20(24)27-18-17(16-12-13(2)6-7-14(16)3)19(23)22-21(18)10-8-15(25-4)9-11-21;1-10-9-13(11-7-8-11)17-14(15-10)16-12-5-3-2-4-6-12/h6-7,12,15H,5,8-11H2,1-4H3,(H,22,23);2-6,9,11H,7-8H2,1H3,(H,15,16,17)/t15-,21+;. The maximum Gasteiger partial charge on any atom is 0.513 e. The highest BCUT2D eigenvalue weighted by Crippen LogP contribution is 2.44. The van der Waals surface area contributed by atoms with Gasteiger partial charge in [0.05, 0.1) is 23.8 Å². The number of aromatic nitrogens is 2. The second-order valence-corrected chi connectivity index (χ2v) is 11.8. The van der Waals surface area contributed by atoms with E-state index >= 15 is 0 Å². The SMILES string of the molecule is CCOC(=O)OC1=C(c2cc(C)ccc2C)C(=O)N[C@]12CC[C@@H](OC)CC2.Cc1cc(C2CC2)nc(Nc2ccccc2)n1. The second kappa shape index (κ2) is 13.6. The smallest absolute Gasteiger partial charge is 0.434 e. The van der Waals surface area contributed by atoms with E-state index in [1.54, 1.807) is 14.0 Å². The van der Waals surface area contributed by atoms with E-state index in [9.17, 15) is 9.59 Å². The van der Waals surface area contributed by atoms with Gasteiger partial charge in [0, 0.05) is 30.1 Å². The van der Waals surface area contributed by atoms with Gasteiger partial charge in [0.25, 0.3) is 5.91 Å². The summed E-state index contributed by atoms with van der Waals surface area (Å²) >= 11 is 0. The molecule has 2 N–H and O–H groups in total. The van der Waals surface area contributed by atoms with Crippen molar-refractivity contribution in [2.45, 2.75) is 83.8 Å². The van der Waals surface area contributed by atoms with Gasteiger partial charge in [-0.1, -0.05) is 42.0 Å². The van der Waals surface area contributed by atoms with Gasteiger partial charge in [0.2, 0.25) is 5.95 Å². The maximum atomic E-state index is 13.0. The van der Waals surface area contributed by atoms with Gasteiger partial charge in [0.1, 0.15) is 5.76 Å². The summed E-state index contributed by atoms with van der Waals surface area (Å²) in [7, 11) is 1.70. The molecular formula is C35H42N4O5. The highest BCUT2D eigenvalue weighted by Gasteiger charge is 2.50. The molecule has 2 fully saturated rings. The summed E-state index contributed by atoms with van der Waals surface area (Å²) in [5.74, 6) is 1.54. The number of methoxy groups -OCH3 is 1. The zero-order chi connectivity index (χ0) is 31.3. The Hall–Kier alpha value is -4.24. The molecule has 0 bridgehead atoms. The summed E-state index contributed by atoms with van der Waals surface area (Å²) in [4.78, 5) is 34.1. The van der Waals surface area contributed by atoms with Crippen molar-refractivity contribution in [1.82, 2.24) is 15.3 Å². The van der Waals surface area contributed by atoms with Crippen LogP contribution in [0.1, 0.15) is 79.4 Å². The predicted octanol–water partition coefficient (Wildman–Crippen LogP) is 7.05. The van der Waals surface area contributed by atoms with Crippen molar-refractivity contribution in [3.8, 4) is 0 Å². The predicted molar refractivity (Wildman–Crippen MR) is 170 cm³/mol. The van der Waals surface area contributed by atoms with Crippen LogP contribution in [0, 0.1) is 20.8 Å². The van der Waals surface area contributed by atoms with Crippen molar-refractivity contribution in [2.24, 2.45) is 0 Å². The highest BCUT2D eigenvalue weighted by atomic mass is 16.7. The molecule has 0 unspecified atom stereocenters. The van der Waals surface area contributed by atoms with Crippen LogP contribution in [0.25, 0.3) is 5.57 Å². The number of hydrogen-bond acceptors (Lipinski definition) is 8. The molecule has 2 aliphatic carbocycles. The van der Waals surface area contributed by atoms with Crippen LogP contribution in [0.5, 0.6) is 0 Å². The van der Waals surface area contributed by atoms with E-state index in [1.165, 1.54) is 18.5 Å². The molecule has 6 rings (SSSR count). The van der Waals surface area contributed by atoms with Crippen LogP contribution in [0.3, 0.4) is 0 Å². The average molecular weight is 599 g/mol. The molecule has 2 aromatic carbocycles. The number of rotatable bonds is 7. The van der Waals surface area contributed by atoms with Gasteiger partial charge >= 0.3 is 6.16 Å². The molecule has 3 aromatic rings. The Morgan fingerprint density at radius 2 is 1.73 bits per heavy atom. The van der Waals surface area contributed by atoms with Crippen molar-refractivity contribution >= 4 is 29.3 Å². The topological polar surface area (TPSA) is 112 Å². The minimum atomic E-state index is -0.778. The number of carbonyl (C=O) groups excluding carboxylic acids is 2. The molecule has 1 spiro atoms. The largest absolute Gasteiger partial charge is 0.513 e. The molecular weight excluding hydrogens is 556 g/mol. The van der Waals surface area contributed by atoms with Crippen LogP contribution in [0.2, 0.25) is 0 Å².